The molecule has 20 heavy (non-hydrogen) atoms. The Morgan fingerprint density at radius 1 is 1.40 bits per heavy atom. The van der Waals surface area contributed by atoms with Crippen molar-refractivity contribution < 1.29 is 9.47 Å². The molecule has 0 amide bonds. The topological polar surface area (TPSA) is 44.5 Å². The average Bonchev–Trinajstić information content (AvgIpc) is 2.78. The number of hydrogen-bond donors (Lipinski definition) is 1. The summed E-state index contributed by atoms with van der Waals surface area (Å²) in [6.07, 6.45) is 0.813. The molecule has 0 saturated heterocycles. The minimum Gasteiger partial charge on any atom is -0.497 e. The van der Waals surface area contributed by atoms with E-state index in [0.717, 1.165) is 28.0 Å². The Morgan fingerprint density at radius 2 is 2.20 bits per heavy atom. The predicted octanol–water partition coefficient (Wildman–Crippen LogP) is 4.35. The van der Waals surface area contributed by atoms with Gasteiger partial charge in [-0.1, -0.05) is 0 Å². The zero-order valence-electron chi connectivity index (χ0n) is 11.4. The van der Waals surface area contributed by atoms with E-state index in [4.69, 9.17) is 15.2 Å². The summed E-state index contributed by atoms with van der Waals surface area (Å²) in [5.41, 5.74) is 7.32. The maximum Gasteiger partial charge on any atom is 0.135 e. The molecule has 0 fully saturated rings. The molecule has 0 aliphatic carbocycles. The van der Waals surface area contributed by atoms with Crippen molar-refractivity contribution in [1.82, 2.24) is 0 Å². The molecule has 2 N–H and O–H groups in total. The molecule has 2 atom stereocenters. The van der Waals surface area contributed by atoms with E-state index in [2.05, 4.69) is 28.9 Å². The first-order valence-corrected chi connectivity index (χ1v) is 8.05. The fraction of sp³-hybridized carbons (Fsp3) is 0.333. The van der Waals surface area contributed by atoms with Crippen LogP contribution in [0, 0.1) is 6.92 Å². The summed E-state index contributed by atoms with van der Waals surface area (Å²) in [5.74, 6) is 1.67. The molecule has 0 radical (unpaired) electrons. The van der Waals surface area contributed by atoms with E-state index >= 15 is 0 Å². The van der Waals surface area contributed by atoms with Crippen molar-refractivity contribution in [3.63, 3.8) is 0 Å². The maximum atomic E-state index is 6.30. The van der Waals surface area contributed by atoms with Gasteiger partial charge in [-0.15, -0.1) is 11.3 Å². The highest BCUT2D eigenvalue weighted by atomic mass is 79.9. The third-order valence-electron chi connectivity index (χ3n) is 3.55. The summed E-state index contributed by atoms with van der Waals surface area (Å²) < 4.78 is 12.5. The van der Waals surface area contributed by atoms with Crippen molar-refractivity contribution in [2.75, 3.05) is 7.11 Å². The largest absolute Gasteiger partial charge is 0.497 e. The second kappa shape index (κ2) is 5.39. The molecule has 3 rings (SSSR count). The van der Waals surface area contributed by atoms with Crippen LogP contribution in [0.1, 0.15) is 33.9 Å². The summed E-state index contributed by atoms with van der Waals surface area (Å²) in [7, 11) is 1.66. The van der Waals surface area contributed by atoms with Crippen molar-refractivity contribution >= 4 is 27.3 Å². The van der Waals surface area contributed by atoms with Crippen LogP contribution in [0.4, 0.5) is 0 Å². The Hall–Kier alpha value is -1.04. The molecular weight excluding hydrogens is 338 g/mol. The first-order valence-electron chi connectivity index (χ1n) is 6.44. The molecule has 5 heteroatoms. The number of aryl methyl sites for hydroxylation is 1. The van der Waals surface area contributed by atoms with Crippen LogP contribution >= 0.6 is 27.3 Å². The van der Waals surface area contributed by atoms with Gasteiger partial charge in [0.15, 0.2) is 0 Å². The van der Waals surface area contributed by atoms with E-state index in [1.807, 2.05) is 18.2 Å². The van der Waals surface area contributed by atoms with Crippen molar-refractivity contribution in [2.24, 2.45) is 5.73 Å². The van der Waals surface area contributed by atoms with E-state index in [0.29, 0.717) is 0 Å². The zero-order valence-corrected chi connectivity index (χ0v) is 13.8. The smallest absolute Gasteiger partial charge is 0.135 e. The molecule has 2 heterocycles. The quantitative estimate of drug-likeness (QED) is 0.872. The van der Waals surface area contributed by atoms with Crippen molar-refractivity contribution in [1.29, 1.82) is 0 Å². The molecule has 1 aromatic heterocycles. The van der Waals surface area contributed by atoms with Crippen LogP contribution in [-0.2, 0) is 0 Å². The van der Waals surface area contributed by atoms with E-state index in [-0.39, 0.29) is 12.1 Å². The van der Waals surface area contributed by atoms with Crippen LogP contribution < -0.4 is 15.2 Å². The number of nitrogens with two attached hydrogens (primary N) is 1. The van der Waals surface area contributed by atoms with Crippen LogP contribution in [-0.4, -0.2) is 7.11 Å². The fourth-order valence-electron chi connectivity index (χ4n) is 2.42. The summed E-state index contributed by atoms with van der Waals surface area (Å²) in [6.45, 7) is 2.10. The highest BCUT2D eigenvalue weighted by Crippen LogP contribution is 2.43. The molecule has 1 unspecified atom stereocenters. The Morgan fingerprint density at radius 3 is 2.85 bits per heavy atom. The zero-order chi connectivity index (χ0) is 14.3. The molecular formula is C15H16BrNO2S. The highest BCUT2D eigenvalue weighted by Gasteiger charge is 2.28. The van der Waals surface area contributed by atoms with Crippen LogP contribution in [0.25, 0.3) is 0 Å². The minimum absolute atomic E-state index is 0.0277. The molecule has 3 nitrogen and oxygen atoms in total. The number of ether oxygens (including phenoxy) is 2. The van der Waals surface area contributed by atoms with Crippen molar-refractivity contribution in [2.45, 2.75) is 25.5 Å². The van der Waals surface area contributed by atoms with Gasteiger partial charge in [0.25, 0.3) is 0 Å². The molecule has 1 aromatic carbocycles. The second-order valence-corrected chi connectivity index (χ2v) is 7.05. The number of rotatable bonds is 2. The van der Waals surface area contributed by atoms with Gasteiger partial charge < -0.3 is 15.2 Å². The van der Waals surface area contributed by atoms with Gasteiger partial charge in [-0.25, -0.2) is 0 Å². The lowest BCUT2D eigenvalue weighted by Gasteiger charge is -2.30. The first-order chi connectivity index (χ1) is 9.58. The van der Waals surface area contributed by atoms with Gasteiger partial charge in [-0.2, -0.15) is 0 Å². The normalized spacial score (nSPS) is 21.2. The number of thiophene rings is 1. The van der Waals surface area contributed by atoms with Gasteiger partial charge in [0.1, 0.15) is 17.6 Å². The molecule has 2 aromatic rings. The van der Waals surface area contributed by atoms with Crippen LogP contribution in [0.2, 0.25) is 0 Å². The number of halogens is 1. The Bertz CT molecular complexity index is 621. The Kier molecular flexibility index (Phi) is 3.75. The maximum absolute atomic E-state index is 6.30. The summed E-state index contributed by atoms with van der Waals surface area (Å²) >= 11 is 5.31. The summed E-state index contributed by atoms with van der Waals surface area (Å²) in [4.78, 5) is 2.48. The summed E-state index contributed by atoms with van der Waals surface area (Å²) in [6, 6.07) is 7.91. The molecule has 0 bridgehead atoms. The first kappa shape index (κ1) is 13.9. The standard InChI is InChI=1S/C15H16BrNO2S/c1-8-11(16)6-15(20-8)14-7-12(17)10-5-9(18-2)3-4-13(10)19-14/h3-6,12,14H,7,17H2,1-2H3/t12-,14?/m0/s1. The van der Waals surface area contributed by atoms with Crippen molar-refractivity contribution in [3.8, 4) is 11.5 Å². The fourth-order valence-corrected chi connectivity index (χ4v) is 4.03. The lowest BCUT2D eigenvalue weighted by Crippen LogP contribution is -2.23. The minimum atomic E-state index is -0.0277. The van der Waals surface area contributed by atoms with E-state index in [1.165, 1.54) is 9.75 Å². The monoisotopic (exact) mass is 353 g/mol. The third kappa shape index (κ3) is 2.45. The molecule has 0 spiro atoms. The predicted molar refractivity (Wildman–Crippen MR) is 84.7 cm³/mol. The average molecular weight is 354 g/mol. The van der Waals surface area contributed by atoms with Gasteiger partial charge in [-0.3, -0.25) is 0 Å². The molecule has 1 aliphatic heterocycles. The van der Waals surface area contributed by atoms with Gasteiger partial charge in [0.05, 0.1) is 7.11 Å². The lowest BCUT2D eigenvalue weighted by molar-refractivity contribution is 0.164. The molecule has 1 aliphatic rings. The van der Waals surface area contributed by atoms with Gasteiger partial charge in [0, 0.05) is 32.3 Å². The Labute approximate surface area is 130 Å². The van der Waals surface area contributed by atoms with Gasteiger partial charge >= 0.3 is 0 Å². The summed E-state index contributed by atoms with van der Waals surface area (Å²) in [5, 5.41) is 0. The van der Waals surface area contributed by atoms with E-state index in [9.17, 15) is 0 Å². The van der Waals surface area contributed by atoms with Crippen molar-refractivity contribution in [3.05, 3.63) is 44.1 Å². The number of methoxy groups -OCH3 is 1. The lowest BCUT2D eigenvalue weighted by atomic mass is 9.96. The van der Waals surface area contributed by atoms with E-state index in [1.54, 1.807) is 18.4 Å². The SMILES string of the molecule is COc1ccc2c(c1)[C@@H](N)CC(c1cc(Br)c(C)s1)O2. The molecule has 0 saturated carbocycles. The van der Waals surface area contributed by atoms with Crippen LogP contribution in [0.5, 0.6) is 11.5 Å². The number of benzene rings is 1. The van der Waals surface area contributed by atoms with Gasteiger partial charge in [-0.05, 0) is 47.1 Å². The number of hydrogen-bond acceptors (Lipinski definition) is 4. The Balaban J connectivity index is 1.92. The van der Waals surface area contributed by atoms with Gasteiger partial charge in [0.2, 0.25) is 0 Å². The molecule has 106 valence electrons. The van der Waals surface area contributed by atoms with Crippen LogP contribution in [0.15, 0.2) is 28.7 Å². The van der Waals surface area contributed by atoms with Crippen LogP contribution in [0.3, 0.4) is 0 Å². The third-order valence-corrected chi connectivity index (χ3v) is 5.78. The van der Waals surface area contributed by atoms with E-state index < -0.39 is 0 Å². The number of fused-ring (bicyclic) bond motifs is 1. The highest BCUT2D eigenvalue weighted by molar-refractivity contribution is 9.10. The second-order valence-electron chi connectivity index (χ2n) is 4.91.